The molecule has 1 aromatic carbocycles. The number of nitrogens with one attached hydrogen (secondary N) is 1. The molecule has 0 radical (unpaired) electrons. The predicted octanol–water partition coefficient (Wildman–Crippen LogP) is 2.06. The normalized spacial score (nSPS) is 14.3. The molecule has 118 valence electrons. The first-order valence-corrected chi connectivity index (χ1v) is 7.39. The zero-order chi connectivity index (χ0) is 16.0. The summed E-state index contributed by atoms with van der Waals surface area (Å²) >= 11 is 0. The predicted molar refractivity (Wildman–Crippen MR) is 83.3 cm³/mol. The minimum Gasteiger partial charge on any atom is -0.353 e. The van der Waals surface area contributed by atoms with Gasteiger partial charge in [-0.05, 0) is 45.0 Å². The molecule has 2 unspecified atom stereocenters. The average molecular weight is 295 g/mol. The Kier molecular flexibility index (Phi) is 6.78. The smallest absolute Gasteiger partial charge is 0.234 e. The number of benzene rings is 1. The summed E-state index contributed by atoms with van der Waals surface area (Å²) in [6.07, 6.45) is 0. The second-order valence-electron chi connectivity index (χ2n) is 5.64. The Balaban J connectivity index is 2.93. The lowest BCUT2D eigenvalue weighted by Crippen LogP contribution is -2.45. The molecule has 0 aliphatic carbocycles. The molecule has 5 heteroatoms. The molecule has 3 N–H and O–H groups in total. The van der Waals surface area contributed by atoms with Gasteiger partial charge < -0.3 is 11.1 Å². The summed E-state index contributed by atoms with van der Waals surface area (Å²) in [5.74, 6) is -0.338. The molecule has 1 rings (SSSR count). The van der Waals surface area contributed by atoms with Gasteiger partial charge in [-0.15, -0.1) is 0 Å². The van der Waals surface area contributed by atoms with Crippen LogP contribution in [0, 0.1) is 5.82 Å². The Morgan fingerprint density at radius 1 is 1.38 bits per heavy atom. The maximum Gasteiger partial charge on any atom is 0.234 e. The molecule has 0 saturated heterocycles. The molecule has 0 aliphatic heterocycles. The van der Waals surface area contributed by atoms with Gasteiger partial charge in [0.15, 0.2) is 0 Å². The number of rotatable bonds is 7. The van der Waals surface area contributed by atoms with E-state index < -0.39 is 0 Å². The fourth-order valence-corrected chi connectivity index (χ4v) is 2.50. The van der Waals surface area contributed by atoms with Gasteiger partial charge in [-0.3, -0.25) is 9.69 Å². The first-order valence-electron chi connectivity index (χ1n) is 7.39. The summed E-state index contributed by atoms with van der Waals surface area (Å²) in [5, 5.41) is 2.87. The highest BCUT2D eigenvalue weighted by molar-refractivity contribution is 5.78. The Morgan fingerprint density at radius 2 is 2.05 bits per heavy atom. The maximum absolute atomic E-state index is 13.5. The summed E-state index contributed by atoms with van der Waals surface area (Å²) in [7, 11) is 0. The quantitative estimate of drug-likeness (QED) is 0.809. The van der Waals surface area contributed by atoms with E-state index in [1.165, 1.54) is 12.1 Å². The molecule has 21 heavy (non-hydrogen) atoms. The molecule has 1 amide bonds. The lowest BCUT2D eigenvalue weighted by atomic mass is 9.99. The Hall–Kier alpha value is -1.46. The molecule has 0 spiro atoms. The summed E-state index contributed by atoms with van der Waals surface area (Å²) in [6, 6.07) is 6.10. The zero-order valence-corrected chi connectivity index (χ0v) is 13.3. The Bertz CT molecular complexity index is 463. The van der Waals surface area contributed by atoms with E-state index in [0.717, 1.165) is 5.56 Å². The van der Waals surface area contributed by atoms with Crippen molar-refractivity contribution >= 4 is 5.91 Å². The molecule has 0 aromatic heterocycles. The van der Waals surface area contributed by atoms with Crippen molar-refractivity contribution in [3.8, 4) is 0 Å². The fraction of sp³-hybridized carbons (Fsp3) is 0.562. The van der Waals surface area contributed by atoms with E-state index in [1.807, 2.05) is 38.7 Å². The van der Waals surface area contributed by atoms with Crippen LogP contribution in [0.1, 0.15) is 39.3 Å². The van der Waals surface area contributed by atoms with Gasteiger partial charge in [-0.25, -0.2) is 4.39 Å². The van der Waals surface area contributed by atoms with Crippen LogP contribution in [0.25, 0.3) is 0 Å². The topological polar surface area (TPSA) is 58.4 Å². The van der Waals surface area contributed by atoms with Crippen molar-refractivity contribution in [1.29, 1.82) is 0 Å². The first kappa shape index (κ1) is 17.6. The Morgan fingerprint density at radius 3 is 2.52 bits per heavy atom. The van der Waals surface area contributed by atoms with E-state index in [4.69, 9.17) is 5.73 Å². The molecule has 0 bridgehead atoms. The highest BCUT2D eigenvalue weighted by atomic mass is 19.1. The van der Waals surface area contributed by atoms with Gasteiger partial charge in [0.2, 0.25) is 5.91 Å². The van der Waals surface area contributed by atoms with Crippen LogP contribution in [0.2, 0.25) is 0 Å². The van der Waals surface area contributed by atoms with E-state index in [0.29, 0.717) is 6.54 Å². The summed E-state index contributed by atoms with van der Waals surface area (Å²) in [5.41, 5.74) is 6.87. The third-order valence-electron chi connectivity index (χ3n) is 3.28. The van der Waals surface area contributed by atoms with Crippen LogP contribution in [0.5, 0.6) is 0 Å². The zero-order valence-electron chi connectivity index (χ0n) is 13.3. The molecule has 1 aromatic rings. The highest BCUT2D eigenvalue weighted by Crippen LogP contribution is 2.23. The maximum atomic E-state index is 13.5. The largest absolute Gasteiger partial charge is 0.353 e. The molecule has 0 fully saturated rings. The second kappa shape index (κ2) is 8.10. The van der Waals surface area contributed by atoms with E-state index in [2.05, 4.69) is 5.32 Å². The third-order valence-corrected chi connectivity index (χ3v) is 3.28. The summed E-state index contributed by atoms with van der Waals surface area (Å²) in [6.45, 7) is 8.59. The van der Waals surface area contributed by atoms with Crippen LogP contribution < -0.4 is 11.1 Å². The number of carbonyl (C=O) groups excluding carboxylic acids is 1. The van der Waals surface area contributed by atoms with Crippen molar-refractivity contribution in [1.82, 2.24) is 10.2 Å². The van der Waals surface area contributed by atoms with E-state index >= 15 is 0 Å². The van der Waals surface area contributed by atoms with Crippen LogP contribution in [0.3, 0.4) is 0 Å². The van der Waals surface area contributed by atoms with Crippen molar-refractivity contribution in [2.45, 2.75) is 45.8 Å². The number of hydrogen-bond donors (Lipinski definition) is 2. The molecule has 0 saturated carbocycles. The summed E-state index contributed by atoms with van der Waals surface area (Å²) in [4.78, 5) is 13.9. The molecule has 0 heterocycles. The molecular formula is C16H26FN3O. The van der Waals surface area contributed by atoms with Crippen molar-refractivity contribution < 1.29 is 9.18 Å². The van der Waals surface area contributed by atoms with Crippen LogP contribution in [-0.2, 0) is 4.79 Å². The van der Waals surface area contributed by atoms with Gasteiger partial charge >= 0.3 is 0 Å². The van der Waals surface area contributed by atoms with Crippen molar-refractivity contribution in [3.05, 3.63) is 35.6 Å². The number of nitrogens with two attached hydrogens (primary N) is 1. The number of nitrogens with zero attached hydrogens (tertiary/aromatic N) is 1. The van der Waals surface area contributed by atoms with Gasteiger partial charge in [0.1, 0.15) is 5.82 Å². The summed E-state index contributed by atoms with van der Waals surface area (Å²) < 4.78 is 13.5. The van der Waals surface area contributed by atoms with Gasteiger partial charge in [-0.2, -0.15) is 0 Å². The second-order valence-corrected chi connectivity index (χ2v) is 5.64. The number of amides is 1. The SMILES string of the molecule is CCN(CC(=O)NC(C)C)C(c1cccc(F)c1)C(C)N. The van der Waals surface area contributed by atoms with Crippen LogP contribution in [-0.4, -0.2) is 36.0 Å². The van der Waals surface area contributed by atoms with Crippen LogP contribution >= 0.6 is 0 Å². The van der Waals surface area contributed by atoms with Crippen molar-refractivity contribution in [2.24, 2.45) is 5.73 Å². The minimum atomic E-state index is -0.291. The van der Waals surface area contributed by atoms with E-state index in [9.17, 15) is 9.18 Å². The molecular weight excluding hydrogens is 269 g/mol. The monoisotopic (exact) mass is 295 g/mol. The number of carbonyl (C=O) groups is 1. The van der Waals surface area contributed by atoms with Gasteiger partial charge in [0.05, 0.1) is 12.6 Å². The van der Waals surface area contributed by atoms with E-state index in [1.54, 1.807) is 6.07 Å². The minimum absolute atomic E-state index is 0.0473. The standard InChI is InChI=1S/C16H26FN3O/c1-5-20(10-15(21)19-11(2)3)16(12(4)18)13-7-6-8-14(17)9-13/h6-9,11-12,16H,5,10,18H2,1-4H3,(H,19,21). The molecule has 2 atom stereocenters. The lowest BCUT2D eigenvalue weighted by molar-refractivity contribution is -0.123. The molecule has 0 aliphatic rings. The number of hydrogen-bond acceptors (Lipinski definition) is 3. The first-order chi connectivity index (χ1) is 9.85. The average Bonchev–Trinajstić information content (AvgIpc) is 2.36. The third kappa shape index (κ3) is 5.44. The van der Waals surface area contributed by atoms with Gasteiger partial charge in [-0.1, -0.05) is 19.1 Å². The van der Waals surface area contributed by atoms with Crippen molar-refractivity contribution in [2.75, 3.05) is 13.1 Å². The van der Waals surface area contributed by atoms with E-state index in [-0.39, 0.29) is 36.4 Å². The van der Waals surface area contributed by atoms with Gasteiger partial charge in [0.25, 0.3) is 0 Å². The van der Waals surface area contributed by atoms with Crippen molar-refractivity contribution in [3.63, 3.8) is 0 Å². The molecule has 4 nitrogen and oxygen atoms in total. The Labute approximate surface area is 126 Å². The number of likely N-dealkylation sites (N-methyl/N-ethyl adjacent to an activating group) is 1. The fourth-order valence-electron chi connectivity index (χ4n) is 2.50. The van der Waals surface area contributed by atoms with Crippen LogP contribution in [0.4, 0.5) is 4.39 Å². The lowest BCUT2D eigenvalue weighted by Gasteiger charge is -2.33. The highest BCUT2D eigenvalue weighted by Gasteiger charge is 2.25. The van der Waals surface area contributed by atoms with Crippen LogP contribution in [0.15, 0.2) is 24.3 Å². The number of halogens is 1. The van der Waals surface area contributed by atoms with Gasteiger partial charge in [0, 0.05) is 12.1 Å².